The van der Waals surface area contributed by atoms with Gasteiger partial charge in [-0.25, -0.2) is 9.59 Å². The summed E-state index contributed by atoms with van der Waals surface area (Å²) in [6.45, 7) is 1.86. The van der Waals surface area contributed by atoms with E-state index in [1.165, 1.54) is 25.1 Å². The van der Waals surface area contributed by atoms with E-state index in [9.17, 15) is 14.4 Å². The van der Waals surface area contributed by atoms with Crippen molar-refractivity contribution >= 4 is 35.2 Å². The Labute approximate surface area is 120 Å². The number of carbonyl (C=O) groups excluding carboxylic acids is 2. The minimum atomic E-state index is -1.23. The number of nitrogens with one attached hydrogen (secondary N) is 3. The van der Waals surface area contributed by atoms with E-state index in [0.717, 1.165) is 0 Å². The maximum atomic E-state index is 11.6. The van der Waals surface area contributed by atoms with Gasteiger partial charge in [-0.1, -0.05) is 17.7 Å². The number of hydrogen-bond donors (Lipinski definition) is 4. The van der Waals surface area contributed by atoms with E-state index >= 15 is 0 Å². The molecule has 20 heavy (non-hydrogen) atoms. The van der Waals surface area contributed by atoms with Crippen LogP contribution < -0.4 is 16.0 Å². The number of carboxylic acids is 1. The molecule has 0 aromatic heterocycles. The lowest BCUT2D eigenvalue weighted by Crippen LogP contribution is -2.36. The fourth-order valence-corrected chi connectivity index (χ4v) is 1.68. The molecule has 7 nitrogen and oxygen atoms in total. The van der Waals surface area contributed by atoms with Crippen LogP contribution in [0, 0.1) is 0 Å². The van der Waals surface area contributed by atoms with Gasteiger partial charge in [-0.3, -0.25) is 4.79 Å². The smallest absolute Gasteiger partial charge is 0.339 e. The Bertz CT molecular complexity index is 533. The highest BCUT2D eigenvalue weighted by Crippen LogP contribution is 2.24. The Balaban J connectivity index is 2.60. The van der Waals surface area contributed by atoms with Crippen LogP contribution in [0.2, 0.25) is 5.02 Å². The van der Waals surface area contributed by atoms with Crippen LogP contribution in [0.1, 0.15) is 17.3 Å². The predicted octanol–water partition coefficient (Wildman–Crippen LogP) is 1.30. The van der Waals surface area contributed by atoms with E-state index < -0.39 is 12.0 Å². The van der Waals surface area contributed by atoms with Gasteiger partial charge in [0.15, 0.2) is 0 Å². The van der Waals surface area contributed by atoms with Gasteiger partial charge in [-0.2, -0.15) is 0 Å². The number of rotatable bonds is 5. The van der Waals surface area contributed by atoms with E-state index in [4.69, 9.17) is 16.7 Å². The first-order valence-electron chi connectivity index (χ1n) is 5.73. The van der Waals surface area contributed by atoms with Gasteiger partial charge in [0.05, 0.1) is 10.7 Å². The summed E-state index contributed by atoms with van der Waals surface area (Å²) in [4.78, 5) is 33.2. The molecule has 0 bridgehead atoms. The van der Waals surface area contributed by atoms with Gasteiger partial charge in [0.25, 0.3) is 0 Å². The molecule has 0 atom stereocenters. The molecule has 108 valence electrons. The summed E-state index contributed by atoms with van der Waals surface area (Å²) in [7, 11) is 0. The summed E-state index contributed by atoms with van der Waals surface area (Å²) in [6.07, 6.45) is 0. The van der Waals surface area contributed by atoms with Gasteiger partial charge in [0.1, 0.15) is 5.56 Å². The standard InChI is InChI=1S/C12H14ClN3O4/c1-7(17)14-5-6-15-12(20)16-9-4-2-3-8(13)10(9)11(18)19/h2-4H,5-6H2,1H3,(H,14,17)(H,18,19)(H2,15,16,20). The number of benzene rings is 1. The first-order valence-corrected chi connectivity index (χ1v) is 6.10. The van der Waals surface area contributed by atoms with Crippen molar-refractivity contribution in [3.63, 3.8) is 0 Å². The highest BCUT2D eigenvalue weighted by atomic mass is 35.5. The largest absolute Gasteiger partial charge is 0.478 e. The van der Waals surface area contributed by atoms with Crippen molar-refractivity contribution in [3.05, 3.63) is 28.8 Å². The molecular formula is C12H14ClN3O4. The van der Waals surface area contributed by atoms with Crippen LogP contribution >= 0.6 is 11.6 Å². The van der Waals surface area contributed by atoms with Gasteiger partial charge < -0.3 is 21.1 Å². The highest BCUT2D eigenvalue weighted by Gasteiger charge is 2.15. The van der Waals surface area contributed by atoms with Crippen molar-refractivity contribution in [2.24, 2.45) is 0 Å². The third-order valence-corrected chi connectivity index (χ3v) is 2.58. The van der Waals surface area contributed by atoms with Gasteiger partial charge in [-0.05, 0) is 12.1 Å². The molecule has 1 aromatic rings. The second-order valence-electron chi connectivity index (χ2n) is 3.83. The molecule has 1 aromatic carbocycles. The second-order valence-corrected chi connectivity index (χ2v) is 4.24. The third-order valence-electron chi connectivity index (χ3n) is 2.26. The fraction of sp³-hybridized carbons (Fsp3) is 0.250. The van der Waals surface area contributed by atoms with Crippen LogP contribution in [0.15, 0.2) is 18.2 Å². The number of carbonyl (C=O) groups is 3. The summed E-state index contributed by atoms with van der Waals surface area (Å²) in [6, 6.07) is 3.80. The van der Waals surface area contributed by atoms with Crippen LogP contribution in [-0.2, 0) is 4.79 Å². The van der Waals surface area contributed by atoms with Gasteiger partial charge in [-0.15, -0.1) is 0 Å². The average Bonchev–Trinajstić information content (AvgIpc) is 2.34. The molecule has 0 unspecified atom stereocenters. The molecule has 0 spiro atoms. The van der Waals surface area contributed by atoms with E-state index in [-0.39, 0.29) is 35.3 Å². The first-order chi connectivity index (χ1) is 9.41. The van der Waals surface area contributed by atoms with Crippen molar-refractivity contribution in [3.8, 4) is 0 Å². The number of amides is 3. The molecule has 1 rings (SSSR count). The van der Waals surface area contributed by atoms with Crippen LogP contribution in [0.3, 0.4) is 0 Å². The summed E-state index contributed by atoms with van der Waals surface area (Å²) >= 11 is 5.77. The average molecular weight is 300 g/mol. The number of aromatic carboxylic acids is 1. The van der Waals surface area contributed by atoms with Crippen LogP contribution in [0.5, 0.6) is 0 Å². The van der Waals surface area contributed by atoms with Crippen molar-refractivity contribution in [1.29, 1.82) is 0 Å². The molecule has 0 radical (unpaired) electrons. The zero-order valence-electron chi connectivity index (χ0n) is 10.7. The Hall–Kier alpha value is -2.28. The number of urea groups is 1. The number of halogens is 1. The molecule has 0 aliphatic rings. The molecule has 0 fully saturated rings. The van der Waals surface area contributed by atoms with Crippen LogP contribution in [-0.4, -0.2) is 36.1 Å². The molecule has 0 saturated heterocycles. The van der Waals surface area contributed by atoms with Gasteiger partial charge in [0, 0.05) is 20.0 Å². The molecule has 4 N–H and O–H groups in total. The fourth-order valence-electron chi connectivity index (χ4n) is 1.43. The maximum Gasteiger partial charge on any atom is 0.339 e. The van der Waals surface area contributed by atoms with Crippen LogP contribution in [0.25, 0.3) is 0 Å². The second kappa shape index (κ2) is 7.34. The van der Waals surface area contributed by atoms with Crippen molar-refractivity contribution < 1.29 is 19.5 Å². The quantitative estimate of drug-likeness (QED) is 0.615. The lowest BCUT2D eigenvalue weighted by molar-refractivity contribution is -0.118. The number of hydrogen-bond acceptors (Lipinski definition) is 3. The molecular weight excluding hydrogens is 286 g/mol. The van der Waals surface area contributed by atoms with E-state index in [1.807, 2.05) is 0 Å². The molecule has 0 aliphatic carbocycles. The Morgan fingerprint density at radius 3 is 2.45 bits per heavy atom. The zero-order chi connectivity index (χ0) is 15.1. The van der Waals surface area contributed by atoms with E-state index in [1.54, 1.807) is 0 Å². The summed E-state index contributed by atoms with van der Waals surface area (Å²) < 4.78 is 0. The van der Waals surface area contributed by atoms with Crippen LogP contribution in [0.4, 0.5) is 10.5 Å². The topological polar surface area (TPSA) is 108 Å². The SMILES string of the molecule is CC(=O)NCCNC(=O)Nc1cccc(Cl)c1C(=O)O. The Morgan fingerprint density at radius 2 is 1.85 bits per heavy atom. The normalized spacial score (nSPS) is 9.70. The van der Waals surface area contributed by atoms with Crippen molar-refractivity contribution in [1.82, 2.24) is 10.6 Å². The lowest BCUT2D eigenvalue weighted by atomic mass is 10.2. The van der Waals surface area contributed by atoms with Gasteiger partial charge >= 0.3 is 12.0 Å². The van der Waals surface area contributed by atoms with E-state index in [0.29, 0.717) is 0 Å². The molecule has 8 heteroatoms. The van der Waals surface area contributed by atoms with Crippen molar-refractivity contribution in [2.75, 3.05) is 18.4 Å². The summed E-state index contributed by atoms with van der Waals surface area (Å²) in [5, 5.41) is 16.4. The van der Waals surface area contributed by atoms with Gasteiger partial charge in [0.2, 0.25) is 5.91 Å². The molecule has 0 saturated carbocycles. The summed E-state index contributed by atoms with van der Waals surface area (Å²) in [5.74, 6) is -1.43. The minimum absolute atomic E-state index is 0.0357. The summed E-state index contributed by atoms with van der Waals surface area (Å²) in [5.41, 5.74) is -0.0757. The molecule has 0 heterocycles. The lowest BCUT2D eigenvalue weighted by Gasteiger charge is -2.11. The zero-order valence-corrected chi connectivity index (χ0v) is 11.5. The third kappa shape index (κ3) is 4.77. The maximum absolute atomic E-state index is 11.6. The molecule has 0 aliphatic heterocycles. The predicted molar refractivity (Wildman–Crippen MR) is 74.1 cm³/mol. The number of anilines is 1. The minimum Gasteiger partial charge on any atom is -0.478 e. The Kier molecular flexibility index (Phi) is 5.79. The number of carboxylic acid groups (broad SMARTS) is 1. The van der Waals surface area contributed by atoms with Crippen molar-refractivity contribution in [2.45, 2.75) is 6.92 Å². The van der Waals surface area contributed by atoms with E-state index in [2.05, 4.69) is 16.0 Å². The monoisotopic (exact) mass is 299 g/mol. The molecule has 3 amide bonds. The highest BCUT2D eigenvalue weighted by molar-refractivity contribution is 6.34. The Morgan fingerprint density at radius 1 is 1.20 bits per heavy atom. The first kappa shape index (κ1) is 15.8.